The Hall–Kier alpha value is -1.51. The molecule has 2 aromatic carbocycles. The lowest BCUT2D eigenvalue weighted by Gasteiger charge is -2.15. The van der Waals surface area contributed by atoms with Gasteiger partial charge in [-0.25, -0.2) is 0 Å². The second-order valence-electron chi connectivity index (χ2n) is 5.20. The molecule has 0 unspecified atom stereocenters. The number of nitrogens with two attached hydrogens (primary N) is 1. The van der Waals surface area contributed by atoms with Crippen LogP contribution in [0.1, 0.15) is 36.5 Å². The summed E-state index contributed by atoms with van der Waals surface area (Å²) in [6, 6.07) is 11.9. The van der Waals surface area contributed by atoms with Crippen molar-refractivity contribution in [2.75, 3.05) is 0 Å². The fourth-order valence-electron chi connectivity index (χ4n) is 2.04. The molecule has 0 heterocycles. The molecule has 0 bridgehead atoms. The van der Waals surface area contributed by atoms with Gasteiger partial charge in [0.2, 0.25) is 0 Å². The Bertz CT molecular complexity index is 608. The molecule has 0 aromatic heterocycles. The van der Waals surface area contributed by atoms with E-state index >= 15 is 0 Å². The summed E-state index contributed by atoms with van der Waals surface area (Å²) in [5, 5.41) is 0.641. The number of hydrogen-bond donors (Lipinski definition) is 1. The van der Waals surface area contributed by atoms with E-state index in [1.165, 1.54) is 5.56 Å². The maximum atomic E-state index is 6.16. The largest absolute Gasteiger partial charge is 0.457 e. The highest BCUT2D eigenvalue weighted by atomic mass is 35.5. The average Bonchev–Trinajstić information content (AvgIpc) is 2.41. The highest BCUT2D eigenvalue weighted by Gasteiger charge is 2.10. The highest BCUT2D eigenvalue weighted by Crippen LogP contribution is 2.33. The summed E-state index contributed by atoms with van der Waals surface area (Å²) in [5.41, 5.74) is 8.94. The lowest BCUT2D eigenvalue weighted by atomic mass is 10.0. The van der Waals surface area contributed by atoms with E-state index in [4.69, 9.17) is 22.1 Å². The van der Waals surface area contributed by atoms with E-state index in [9.17, 15) is 0 Å². The zero-order valence-electron chi connectivity index (χ0n) is 12.1. The van der Waals surface area contributed by atoms with Crippen LogP contribution in [-0.4, -0.2) is 0 Å². The van der Waals surface area contributed by atoms with Gasteiger partial charge in [-0.3, -0.25) is 0 Å². The summed E-state index contributed by atoms with van der Waals surface area (Å²) in [4.78, 5) is 0. The van der Waals surface area contributed by atoms with Gasteiger partial charge in [-0.2, -0.15) is 0 Å². The van der Waals surface area contributed by atoms with Crippen molar-refractivity contribution >= 4 is 11.6 Å². The van der Waals surface area contributed by atoms with Crippen molar-refractivity contribution in [3.05, 3.63) is 58.1 Å². The van der Waals surface area contributed by atoms with Gasteiger partial charge in [-0.1, -0.05) is 43.6 Å². The Kier molecular flexibility index (Phi) is 4.69. The summed E-state index contributed by atoms with van der Waals surface area (Å²) < 4.78 is 6.04. The first-order valence-electron chi connectivity index (χ1n) is 6.78. The van der Waals surface area contributed by atoms with E-state index in [1.807, 2.05) is 25.1 Å². The molecular weight excluding hydrogens is 270 g/mol. The Labute approximate surface area is 125 Å². The Morgan fingerprint density at radius 2 is 1.90 bits per heavy atom. The molecule has 2 N–H and O–H groups in total. The minimum Gasteiger partial charge on any atom is -0.457 e. The van der Waals surface area contributed by atoms with Crippen molar-refractivity contribution in [2.45, 2.75) is 33.2 Å². The standard InChI is InChI=1S/C17H20ClNO/c1-11(2)13-8-7-12(3)17(9-13)20-16-6-4-5-15(18)14(16)10-19/h4-9,11H,10,19H2,1-3H3. The maximum absolute atomic E-state index is 6.16. The van der Waals surface area contributed by atoms with Gasteiger partial charge < -0.3 is 10.5 Å². The summed E-state index contributed by atoms with van der Waals surface area (Å²) >= 11 is 6.16. The minimum absolute atomic E-state index is 0.359. The van der Waals surface area contributed by atoms with Crippen LogP contribution in [0.5, 0.6) is 11.5 Å². The van der Waals surface area contributed by atoms with E-state index < -0.39 is 0 Å². The first kappa shape index (κ1) is 14.9. The molecule has 0 atom stereocenters. The molecular formula is C17H20ClNO. The zero-order chi connectivity index (χ0) is 14.7. The van der Waals surface area contributed by atoms with Gasteiger partial charge in [-0.05, 0) is 42.2 Å². The molecule has 0 aliphatic carbocycles. The quantitative estimate of drug-likeness (QED) is 0.857. The third kappa shape index (κ3) is 3.14. The third-order valence-electron chi connectivity index (χ3n) is 3.38. The van der Waals surface area contributed by atoms with Crippen molar-refractivity contribution in [1.82, 2.24) is 0 Å². The van der Waals surface area contributed by atoms with Gasteiger partial charge in [0.1, 0.15) is 11.5 Å². The lowest BCUT2D eigenvalue weighted by molar-refractivity contribution is 0.471. The van der Waals surface area contributed by atoms with Crippen molar-refractivity contribution in [3.63, 3.8) is 0 Å². The van der Waals surface area contributed by atoms with E-state index in [2.05, 4.69) is 32.0 Å². The molecule has 2 aromatic rings. The zero-order valence-corrected chi connectivity index (χ0v) is 12.9. The number of ether oxygens (including phenoxy) is 1. The topological polar surface area (TPSA) is 35.2 Å². The Morgan fingerprint density at radius 1 is 1.15 bits per heavy atom. The molecule has 0 saturated heterocycles. The second kappa shape index (κ2) is 6.29. The first-order chi connectivity index (χ1) is 9.52. The number of halogens is 1. The van der Waals surface area contributed by atoms with E-state index in [0.29, 0.717) is 17.5 Å². The van der Waals surface area contributed by atoms with Crippen LogP contribution in [0.2, 0.25) is 5.02 Å². The molecule has 3 heteroatoms. The van der Waals surface area contributed by atoms with Crippen molar-refractivity contribution in [3.8, 4) is 11.5 Å². The monoisotopic (exact) mass is 289 g/mol. The number of benzene rings is 2. The smallest absolute Gasteiger partial charge is 0.133 e. The SMILES string of the molecule is Cc1ccc(C(C)C)cc1Oc1cccc(Cl)c1CN. The van der Waals surface area contributed by atoms with Gasteiger partial charge in [0, 0.05) is 17.1 Å². The fourth-order valence-corrected chi connectivity index (χ4v) is 2.28. The summed E-state index contributed by atoms with van der Waals surface area (Å²) in [6.45, 7) is 6.72. The number of aryl methyl sites for hydroxylation is 1. The van der Waals surface area contributed by atoms with Crippen LogP contribution in [0, 0.1) is 6.92 Å². The molecule has 106 valence electrons. The summed E-state index contributed by atoms with van der Waals surface area (Å²) in [6.07, 6.45) is 0. The van der Waals surface area contributed by atoms with E-state index in [-0.39, 0.29) is 0 Å². The van der Waals surface area contributed by atoms with Crippen LogP contribution in [-0.2, 0) is 6.54 Å². The molecule has 0 saturated carbocycles. The predicted molar refractivity (Wildman–Crippen MR) is 84.7 cm³/mol. The second-order valence-corrected chi connectivity index (χ2v) is 5.61. The molecule has 20 heavy (non-hydrogen) atoms. The Balaban J connectivity index is 2.39. The molecule has 0 amide bonds. The predicted octanol–water partition coefficient (Wildman–Crippen LogP) is 5.02. The maximum Gasteiger partial charge on any atom is 0.133 e. The van der Waals surface area contributed by atoms with Gasteiger partial charge in [0.15, 0.2) is 0 Å². The minimum atomic E-state index is 0.359. The molecule has 0 aliphatic rings. The van der Waals surface area contributed by atoms with Crippen molar-refractivity contribution < 1.29 is 4.74 Å². The molecule has 0 radical (unpaired) electrons. The van der Waals surface area contributed by atoms with Crippen molar-refractivity contribution in [2.24, 2.45) is 5.73 Å². The van der Waals surface area contributed by atoms with Gasteiger partial charge >= 0.3 is 0 Å². The first-order valence-corrected chi connectivity index (χ1v) is 7.16. The summed E-state index contributed by atoms with van der Waals surface area (Å²) in [7, 11) is 0. The third-order valence-corrected chi connectivity index (χ3v) is 3.73. The van der Waals surface area contributed by atoms with Gasteiger partial charge in [0.05, 0.1) is 0 Å². The van der Waals surface area contributed by atoms with Crippen LogP contribution in [0.4, 0.5) is 0 Å². The molecule has 2 nitrogen and oxygen atoms in total. The molecule has 0 aliphatic heterocycles. The summed E-state index contributed by atoms with van der Waals surface area (Å²) in [5.74, 6) is 2.04. The van der Waals surface area contributed by atoms with Crippen LogP contribution in [0.25, 0.3) is 0 Å². The van der Waals surface area contributed by atoms with Crippen LogP contribution in [0.15, 0.2) is 36.4 Å². The molecule has 2 rings (SSSR count). The molecule has 0 spiro atoms. The lowest BCUT2D eigenvalue weighted by Crippen LogP contribution is -2.01. The molecule has 0 fully saturated rings. The van der Waals surface area contributed by atoms with Gasteiger partial charge in [0.25, 0.3) is 0 Å². The number of hydrogen-bond acceptors (Lipinski definition) is 2. The fraction of sp³-hybridized carbons (Fsp3) is 0.294. The normalized spacial score (nSPS) is 10.9. The van der Waals surface area contributed by atoms with Crippen LogP contribution < -0.4 is 10.5 Å². The van der Waals surface area contributed by atoms with Crippen LogP contribution in [0.3, 0.4) is 0 Å². The number of rotatable bonds is 4. The van der Waals surface area contributed by atoms with Gasteiger partial charge in [-0.15, -0.1) is 0 Å². The van der Waals surface area contributed by atoms with Crippen molar-refractivity contribution in [1.29, 1.82) is 0 Å². The Morgan fingerprint density at radius 3 is 2.55 bits per heavy atom. The van der Waals surface area contributed by atoms with E-state index in [1.54, 1.807) is 0 Å². The van der Waals surface area contributed by atoms with E-state index in [0.717, 1.165) is 22.6 Å². The van der Waals surface area contributed by atoms with Crippen LogP contribution >= 0.6 is 11.6 Å². The average molecular weight is 290 g/mol. The highest BCUT2D eigenvalue weighted by molar-refractivity contribution is 6.31.